The van der Waals surface area contributed by atoms with E-state index in [0.717, 1.165) is 31.6 Å². The van der Waals surface area contributed by atoms with Gasteiger partial charge in [-0.2, -0.15) is 0 Å². The zero-order valence-corrected chi connectivity index (χ0v) is 25.1. The van der Waals surface area contributed by atoms with Gasteiger partial charge in [0.15, 0.2) is 0 Å². The number of rotatable bonds is 8. The van der Waals surface area contributed by atoms with Crippen LogP contribution in [0.2, 0.25) is 0 Å². The minimum atomic E-state index is -0.458. The average Bonchev–Trinajstić information content (AvgIpc) is 3.72. The van der Waals surface area contributed by atoms with E-state index in [-0.39, 0.29) is 6.09 Å². The second-order valence-electron chi connectivity index (χ2n) is 11.1. The normalized spacial score (nSPS) is 17.4. The van der Waals surface area contributed by atoms with Gasteiger partial charge in [-0.25, -0.2) is 4.79 Å². The molecule has 6 heteroatoms. The number of aromatic nitrogens is 1. The Labute approximate surface area is 231 Å². The molecule has 1 aromatic heterocycles. The minimum Gasteiger partial charge on any atom is -0.444 e. The maximum absolute atomic E-state index is 12.3. The standard InChI is InChI=1S/C22H35N3O2.C10H15N/c1-8-19(18-10-11-18)20(16(3)23-9-2)17(4)24-12-14-25(15-13-24)21(26)27-22(5,6)7;1-3-5-10-6-9(4-2)7-11-8-10/h8-9,18H,2,10-15H2,1,3-7H3;6-8H,3-5H2,1-2H3/b19-8-,20-17-,23-16?;. The van der Waals surface area contributed by atoms with Crippen molar-refractivity contribution in [3.05, 3.63) is 65.3 Å². The lowest BCUT2D eigenvalue weighted by Crippen LogP contribution is -2.49. The van der Waals surface area contributed by atoms with Crippen molar-refractivity contribution >= 4 is 11.8 Å². The Morgan fingerprint density at radius 2 is 1.71 bits per heavy atom. The van der Waals surface area contributed by atoms with Gasteiger partial charge < -0.3 is 14.5 Å². The summed E-state index contributed by atoms with van der Waals surface area (Å²) in [6.07, 6.45) is 13.5. The molecule has 0 atom stereocenters. The lowest BCUT2D eigenvalue weighted by Gasteiger charge is -2.38. The third kappa shape index (κ3) is 9.77. The molecular weight excluding hydrogens is 472 g/mol. The van der Waals surface area contributed by atoms with Gasteiger partial charge in [-0.15, -0.1) is 0 Å². The number of allylic oxidation sites excluding steroid dienone is 4. The van der Waals surface area contributed by atoms with E-state index in [0.29, 0.717) is 19.0 Å². The van der Waals surface area contributed by atoms with Gasteiger partial charge in [0.05, 0.1) is 0 Å². The van der Waals surface area contributed by atoms with Crippen molar-refractivity contribution < 1.29 is 9.53 Å². The second-order valence-corrected chi connectivity index (χ2v) is 11.1. The van der Waals surface area contributed by atoms with Crippen LogP contribution in [0.4, 0.5) is 4.79 Å². The van der Waals surface area contributed by atoms with Crippen LogP contribution in [0.15, 0.2) is 59.2 Å². The van der Waals surface area contributed by atoms with Crippen molar-refractivity contribution in [1.29, 1.82) is 0 Å². The molecule has 1 amide bonds. The van der Waals surface area contributed by atoms with Crippen molar-refractivity contribution in [2.75, 3.05) is 26.2 Å². The molecule has 0 N–H and O–H groups in total. The van der Waals surface area contributed by atoms with Gasteiger partial charge in [0.2, 0.25) is 0 Å². The fraction of sp³-hybridized carbons (Fsp3) is 0.594. The molecule has 0 aromatic carbocycles. The summed E-state index contributed by atoms with van der Waals surface area (Å²) in [6, 6.07) is 2.25. The summed E-state index contributed by atoms with van der Waals surface area (Å²) in [4.78, 5) is 25.1. The number of pyridine rings is 1. The molecular formula is C32H50N4O2. The Kier molecular flexibility index (Phi) is 12.3. The summed E-state index contributed by atoms with van der Waals surface area (Å²) >= 11 is 0. The van der Waals surface area contributed by atoms with Crippen LogP contribution in [-0.4, -0.2) is 58.4 Å². The number of carbonyl (C=O) groups is 1. The average molecular weight is 523 g/mol. The molecule has 2 aliphatic rings. The Hall–Kier alpha value is -2.89. The number of amides is 1. The van der Waals surface area contributed by atoms with Gasteiger partial charge in [-0.05, 0) is 89.8 Å². The maximum Gasteiger partial charge on any atom is 0.410 e. The number of aryl methyl sites for hydroxylation is 2. The van der Waals surface area contributed by atoms with Gasteiger partial charge in [-0.1, -0.05) is 39.0 Å². The Bertz CT molecular complexity index is 1020. The van der Waals surface area contributed by atoms with Crippen LogP contribution >= 0.6 is 0 Å². The van der Waals surface area contributed by atoms with E-state index in [2.05, 4.69) is 68.2 Å². The van der Waals surface area contributed by atoms with Gasteiger partial charge in [0, 0.05) is 61.8 Å². The van der Waals surface area contributed by atoms with Crippen molar-refractivity contribution in [1.82, 2.24) is 14.8 Å². The van der Waals surface area contributed by atoms with Crippen LogP contribution in [0.3, 0.4) is 0 Å². The number of nitrogens with zero attached hydrogens (tertiary/aromatic N) is 4. The molecule has 1 aromatic rings. The Balaban J connectivity index is 0.000000384. The van der Waals surface area contributed by atoms with Crippen molar-refractivity contribution in [2.24, 2.45) is 10.9 Å². The molecule has 0 radical (unpaired) electrons. The molecule has 0 spiro atoms. The lowest BCUT2D eigenvalue weighted by molar-refractivity contribution is 0.0168. The highest BCUT2D eigenvalue weighted by Gasteiger charge is 2.31. The molecule has 1 saturated carbocycles. The zero-order valence-electron chi connectivity index (χ0n) is 25.1. The molecule has 1 aliphatic heterocycles. The predicted octanol–water partition coefficient (Wildman–Crippen LogP) is 7.37. The van der Waals surface area contributed by atoms with E-state index < -0.39 is 5.60 Å². The lowest BCUT2D eigenvalue weighted by atomic mass is 9.95. The summed E-state index contributed by atoms with van der Waals surface area (Å²) in [5, 5.41) is 0. The van der Waals surface area contributed by atoms with E-state index in [1.54, 1.807) is 11.1 Å². The number of ether oxygens (including phenoxy) is 1. The van der Waals surface area contributed by atoms with Crippen molar-refractivity contribution in [3.8, 4) is 0 Å². The highest BCUT2D eigenvalue weighted by atomic mass is 16.6. The Morgan fingerprint density at radius 3 is 2.21 bits per heavy atom. The van der Waals surface area contributed by atoms with E-state index in [4.69, 9.17) is 4.74 Å². The first-order valence-electron chi connectivity index (χ1n) is 14.2. The van der Waals surface area contributed by atoms with Crippen LogP contribution in [0.25, 0.3) is 0 Å². The van der Waals surface area contributed by atoms with E-state index in [9.17, 15) is 4.79 Å². The molecule has 38 heavy (non-hydrogen) atoms. The van der Waals surface area contributed by atoms with Gasteiger partial charge in [0.25, 0.3) is 0 Å². The number of aliphatic imine (C=N–C) groups is 1. The minimum absolute atomic E-state index is 0.222. The number of carbonyl (C=O) groups excluding carboxylic acids is 1. The smallest absolute Gasteiger partial charge is 0.410 e. The molecule has 1 aliphatic carbocycles. The molecule has 0 unspecified atom stereocenters. The fourth-order valence-electron chi connectivity index (χ4n) is 4.73. The quantitative estimate of drug-likeness (QED) is 0.264. The van der Waals surface area contributed by atoms with Crippen molar-refractivity contribution in [2.45, 2.75) is 93.1 Å². The van der Waals surface area contributed by atoms with Crippen LogP contribution in [0.1, 0.15) is 85.8 Å². The summed E-state index contributed by atoms with van der Waals surface area (Å²) < 4.78 is 5.50. The van der Waals surface area contributed by atoms with E-state index in [1.807, 2.05) is 33.2 Å². The van der Waals surface area contributed by atoms with Gasteiger partial charge in [-0.3, -0.25) is 9.98 Å². The van der Waals surface area contributed by atoms with Crippen LogP contribution in [0.5, 0.6) is 0 Å². The summed E-state index contributed by atoms with van der Waals surface area (Å²) in [5.74, 6) is 0.651. The largest absolute Gasteiger partial charge is 0.444 e. The third-order valence-electron chi connectivity index (χ3n) is 6.83. The van der Waals surface area contributed by atoms with Gasteiger partial charge in [0.1, 0.15) is 5.60 Å². The van der Waals surface area contributed by atoms with Gasteiger partial charge >= 0.3 is 6.09 Å². The number of hydrogen-bond acceptors (Lipinski definition) is 5. The second kappa shape index (κ2) is 14.9. The molecule has 2 heterocycles. The zero-order chi connectivity index (χ0) is 28.3. The maximum atomic E-state index is 12.3. The monoisotopic (exact) mass is 522 g/mol. The number of hydrogen-bond donors (Lipinski definition) is 0. The number of piperazine rings is 1. The fourth-order valence-corrected chi connectivity index (χ4v) is 4.73. The first-order valence-corrected chi connectivity index (χ1v) is 14.2. The highest BCUT2D eigenvalue weighted by Crippen LogP contribution is 2.41. The molecule has 6 nitrogen and oxygen atoms in total. The van der Waals surface area contributed by atoms with Crippen molar-refractivity contribution in [3.63, 3.8) is 0 Å². The van der Waals surface area contributed by atoms with E-state index in [1.165, 1.54) is 47.2 Å². The first kappa shape index (κ1) is 31.3. The summed E-state index contributed by atoms with van der Waals surface area (Å²) in [6.45, 7) is 23.1. The molecule has 2 fully saturated rings. The molecule has 210 valence electrons. The Morgan fingerprint density at radius 1 is 1.11 bits per heavy atom. The molecule has 1 saturated heterocycles. The molecule has 3 rings (SSSR count). The van der Waals surface area contributed by atoms with Crippen LogP contribution < -0.4 is 0 Å². The summed E-state index contributed by atoms with van der Waals surface area (Å²) in [7, 11) is 0. The summed E-state index contributed by atoms with van der Waals surface area (Å²) in [5.41, 5.74) is 7.14. The predicted molar refractivity (Wildman–Crippen MR) is 159 cm³/mol. The van der Waals surface area contributed by atoms with Crippen LogP contribution in [-0.2, 0) is 17.6 Å². The third-order valence-corrected chi connectivity index (χ3v) is 6.83. The first-order chi connectivity index (χ1) is 18.0. The molecule has 0 bridgehead atoms. The topological polar surface area (TPSA) is 58.0 Å². The van der Waals surface area contributed by atoms with E-state index >= 15 is 0 Å². The SMILES string of the molecule is C=CN=C(C)C(/C(=C\C)C1CC1)=C(\C)N1CCN(C(=O)OC(C)(C)C)CC1.CCCc1cncc(CC)c1. The highest BCUT2D eigenvalue weighted by molar-refractivity contribution is 6.03. The van der Waals surface area contributed by atoms with Crippen LogP contribution in [0, 0.1) is 5.92 Å².